The fraction of sp³-hybridized carbons (Fsp3) is 0.327. The first kappa shape index (κ1) is 47.4. The number of methoxy groups -OCH3 is 1. The van der Waals surface area contributed by atoms with E-state index >= 15 is 0 Å². The van der Waals surface area contributed by atoms with Crippen LogP contribution >= 0.6 is 23.1 Å². The van der Waals surface area contributed by atoms with Gasteiger partial charge in [0.05, 0.1) is 41.0 Å². The second-order valence-corrected chi connectivity index (χ2v) is 22.0. The summed E-state index contributed by atoms with van der Waals surface area (Å²) in [6.45, 7) is 9.48. The number of pyridine rings is 1. The van der Waals surface area contributed by atoms with Gasteiger partial charge < -0.3 is 35.1 Å². The zero-order valence-electron chi connectivity index (χ0n) is 38.7. The average Bonchev–Trinajstić information content (AvgIpc) is 4.00. The molecule has 4 N–H and O–H groups in total. The van der Waals surface area contributed by atoms with Gasteiger partial charge in [0.1, 0.15) is 36.3 Å². The van der Waals surface area contributed by atoms with Crippen LogP contribution in [0.2, 0.25) is 0 Å². The Bertz CT molecular complexity index is 2960. The van der Waals surface area contributed by atoms with Crippen molar-refractivity contribution in [2.45, 2.75) is 25.3 Å². The Hall–Kier alpha value is -6.69. The van der Waals surface area contributed by atoms with E-state index in [1.807, 2.05) is 31.6 Å². The number of aryl methyl sites for hydroxylation is 1. The maximum absolute atomic E-state index is 14.8. The molecule has 20 heteroatoms. The van der Waals surface area contributed by atoms with Crippen molar-refractivity contribution in [1.29, 1.82) is 0 Å². The van der Waals surface area contributed by atoms with E-state index in [0.29, 0.717) is 55.7 Å². The summed E-state index contributed by atoms with van der Waals surface area (Å²) in [5.74, 6) is 0.174. The number of nitrogens with zero attached hydrogens (tertiary/aromatic N) is 8. The minimum absolute atomic E-state index is 0.184. The number of piperidine rings is 1. The Morgan fingerprint density at radius 3 is 2.42 bits per heavy atom. The van der Waals surface area contributed by atoms with Crippen LogP contribution in [0.15, 0.2) is 96.0 Å². The summed E-state index contributed by atoms with van der Waals surface area (Å²) in [6, 6.07) is 18.8. The smallest absolute Gasteiger partial charge is 0.270 e. The van der Waals surface area contributed by atoms with Crippen LogP contribution in [-0.2, 0) is 21.2 Å². The SMILES string of the molecule is COc1cc(N2CCN(C[C@@H]3CCN(c4ccc(C(=O)NC5CCC(=O)NC5=O)nc4)C3)CC2)c(-c2cnn(C)c2)cc1Nc1ncc(Br)c(Nc2ccc(-c3ccccc3F)cc2P(C)(C)=O)n1. The van der Waals surface area contributed by atoms with Crippen molar-refractivity contribution < 1.29 is 28.1 Å². The van der Waals surface area contributed by atoms with Crippen molar-refractivity contribution in [3.8, 4) is 28.0 Å². The number of halogens is 2. The highest BCUT2D eigenvalue weighted by molar-refractivity contribution is 9.10. The molecule has 0 saturated carbocycles. The summed E-state index contributed by atoms with van der Waals surface area (Å²) in [4.78, 5) is 57.4. The molecule has 3 amide bonds. The molecule has 3 saturated heterocycles. The van der Waals surface area contributed by atoms with Gasteiger partial charge in [-0.25, -0.2) is 14.4 Å². The number of hydrogen-bond donors (Lipinski definition) is 4. The van der Waals surface area contributed by atoms with Crippen molar-refractivity contribution in [3.05, 3.63) is 108 Å². The van der Waals surface area contributed by atoms with E-state index in [0.717, 1.165) is 74.7 Å². The third-order valence-corrected chi connectivity index (χ3v) is 14.9. The van der Waals surface area contributed by atoms with E-state index in [2.05, 4.69) is 73.0 Å². The molecule has 1 unspecified atom stereocenters. The summed E-state index contributed by atoms with van der Waals surface area (Å²) < 4.78 is 36.8. The molecule has 69 heavy (non-hydrogen) atoms. The monoisotopic (exact) mass is 1020 g/mol. The normalized spacial score (nSPS) is 17.7. The number of aromatic nitrogens is 5. The Balaban J connectivity index is 0.861. The minimum atomic E-state index is -2.85. The fourth-order valence-electron chi connectivity index (χ4n) is 9.12. The Kier molecular flexibility index (Phi) is 13.8. The summed E-state index contributed by atoms with van der Waals surface area (Å²) in [7, 11) is 0.683. The van der Waals surface area contributed by atoms with E-state index in [1.165, 1.54) is 6.07 Å². The second kappa shape index (κ2) is 20.1. The predicted molar refractivity (Wildman–Crippen MR) is 269 cm³/mol. The van der Waals surface area contributed by atoms with Gasteiger partial charge >= 0.3 is 0 Å². The molecule has 3 aliphatic rings. The Morgan fingerprint density at radius 1 is 0.899 bits per heavy atom. The van der Waals surface area contributed by atoms with Gasteiger partial charge in [0.15, 0.2) is 0 Å². The number of carbonyl (C=O) groups excluding carboxylic acids is 3. The van der Waals surface area contributed by atoms with E-state index in [4.69, 9.17) is 9.72 Å². The minimum Gasteiger partial charge on any atom is -0.494 e. The molecule has 358 valence electrons. The lowest BCUT2D eigenvalue weighted by molar-refractivity contribution is -0.134. The van der Waals surface area contributed by atoms with Crippen LogP contribution in [0.3, 0.4) is 0 Å². The highest BCUT2D eigenvalue weighted by Crippen LogP contribution is 2.43. The van der Waals surface area contributed by atoms with Crippen molar-refractivity contribution in [2.24, 2.45) is 13.0 Å². The molecule has 3 aromatic carbocycles. The number of ether oxygens (including phenoxy) is 1. The zero-order valence-corrected chi connectivity index (χ0v) is 41.2. The highest BCUT2D eigenvalue weighted by atomic mass is 79.9. The molecule has 0 aliphatic carbocycles. The topological polar surface area (TPSA) is 192 Å². The molecular formula is C49H53BrFN12O5P. The van der Waals surface area contributed by atoms with Gasteiger partial charge in [-0.05, 0) is 90.0 Å². The third kappa shape index (κ3) is 10.8. The summed E-state index contributed by atoms with van der Waals surface area (Å²) in [5.41, 5.74) is 6.39. The van der Waals surface area contributed by atoms with Crippen LogP contribution in [0.25, 0.3) is 22.3 Å². The van der Waals surface area contributed by atoms with Crippen LogP contribution in [0.4, 0.5) is 38.9 Å². The van der Waals surface area contributed by atoms with Crippen molar-refractivity contribution in [2.75, 3.05) is 86.7 Å². The van der Waals surface area contributed by atoms with Crippen LogP contribution in [0.1, 0.15) is 29.8 Å². The number of hydrogen-bond acceptors (Lipinski definition) is 14. The quantitative estimate of drug-likeness (QED) is 0.0661. The summed E-state index contributed by atoms with van der Waals surface area (Å²) in [6.07, 6.45) is 8.68. The molecule has 3 aromatic heterocycles. The molecule has 3 aliphatic heterocycles. The van der Waals surface area contributed by atoms with Gasteiger partial charge in [-0.1, -0.05) is 24.3 Å². The van der Waals surface area contributed by atoms with Gasteiger partial charge in [-0.15, -0.1) is 0 Å². The lowest BCUT2D eigenvalue weighted by Crippen LogP contribution is -2.52. The molecule has 0 spiro atoms. The maximum Gasteiger partial charge on any atom is 0.270 e. The fourth-order valence-corrected chi connectivity index (χ4v) is 10.6. The number of nitrogens with one attached hydrogen (secondary N) is 4. The molecule has 2 atom stereocenters. The standard InChI is InChI=1S/C49H53BrFN12O5P/c1-60-29-32(24-54-60)35-22-41(57-49-53-26-36(50)46(59-49)55-38-11-9-31(21-44(38)69(3,4)67)34-7-5-6-8-37(34)51)43(68-2)23-42(35)62-19-17-61(18-20-62)27-30-15-16-63(28-30)33-10-12-39(52-25-33)47(65)56-40-13-14-45(64)58-48(40)66/h5-12,21-26,29-30,40H,13-20,27-28H2,1-4H3,(H,56,65)(H,58,64,66)(H2,53,55,57,59)/t30-,40?/m0/s1. The van der Waals surface area contributed by atoms with Crippen LogP contribution in [0, 0.1) is 11.7 Å². The van der Waals surface area contributed by atoms with Crippen LogP contribution in [0.5, 0.6) is 5.75 Å². The second-order valence-electron chi connectivity index (χ2n) is 17.9. The van der Waals surface area contributed by atoms with Crippen LogP contribution < -0.4 is 41.1 Å². The average molecular weight is 1020 g/mol. The van der Waals surface area contributed by atoms with Crippen molar-refractivity contribution >= 4 is 80.6 Å². The Labute approximate surface area is 407 Å². The number of anilines is 6. The summed E-state index contributed by atoms with van der Waals surface area (Å²) in [5, 5.41) is 16.7. The number of amides is 3. The van der Waals surface area contributed by atoms with Gasteiger partial charge in [0, 0.05) is 105 Å². The van der Waals surface area contributed by atoms with Crippen molar-refractivity contribution in [3.63, 3.8) is 0 Å². The number of benzene rings is 3. The first-order chi connectivity index (χ1) is 33.2. The summed E-state index contributed by atoms with van der Waals surface area (Å²) >= 11 is 3.59. The predicted octanol–water partition coefficient (Wildman–Crippen LogP) is 6.77. The number of piperazine rings is 1. The molecular weight excluding hydrogens is 966 g/mol. The molecule has 6 aromatic rings. The van der Waals surface area contributed by atoms with Crippen molar-refractivity contribution in [1.82, 2.24) is 40.3 Å². The lowest BCUT2D eigenvalue weighted by Gasteiger charge is -2.38. The zero-order chi connectivity index (χ0) is 48.4. The van der Waals surface area contributed by atoms with Gasteiger partial charge in [0.25, 0.3) is 5.91 Å². The number of carbonyl (C=O) groups is 3. The van der Waals surface area contributed by atoms with Gasteiger partial charge in [-0.2, -0.15) is 10.1 Å². The van der Waals surface area contributed by atoms with E-state index in [-0.39, 0.29) is 30.3 Å². The lowest BCUT2D eigenvalue weighted by atomic mass is 10.0. The van der Waals surface area contributed by atoms with Gasteiger partial charge in [0.2, 0.25) is 17.8 Å². The molecule has 3 fully saturated rings. The first-order valence-corrected chi connectivity index (χ1v) is 26.1. The molecule has 9 rings (SSSR count). The van der Waals surface area contributed by atoms with Crippen LogP contribution in [-0.4, -0.2) is 120 Å². The third-order valence-electron chi connectivity index (χ3n) is 12.7. The Morgan fingerprint density at radius 2 is 1.71 bits per heavy atom. The number of imide groups is 1. The molecule has 0 bridgehead atoms. The largest absolute Gasteiger partial charge is 0.494 e. The maximum atomic E-state index is 14.8. The first-order valence-electron chi connectivity index (χ1n) is 22.7. The van der Waals surface area contributed by atoms with Gasteiger partial charge in [-0.3, -0.25) is 29.3 Å². The highest BCUT2D eigenvalue weighted by Gasteiger charge is 2.31. The molecule has 0 radical (unpaired) electrons. The van der Waals surface area contributed by atoms with E-state index in [9.17, 15) is 23.3 Å². The van der Waals surface area contributed by atoms with E-state index in [1.54, 1.807) is 80.0 Å². The number of rotatable bonds is 14. The molecule has 17 nitrogen and oxygen atoms in total. The molecule has 6 heterocycles. The van der Waals surface area contributed by atoms with E-state index < -0.39 is 25.0 Å².